The van der Waals surface area contributed by atoms with E-state index in [4.69, 9.17) is 11.6 Å². The van der Waals surface area contributed by atoms with Crippen LogP contribution in [-0.2, 0) is 0 Å². The minimum Gasteiger partial charge on any atom is -0.312 e. The van der Waals surface area contributed by atoms with Crippen molar-refractivity contribution in [2.45, 2.75) is 12.5 Å². The Morgan fingerprint density at radius 3 is 2.86 bits per heavy atom. The number of halogens is 1. The van der Waals surface area contributed by atoms with Crippen LogP contribution in [0.2, 0.25) is 5.15 Å². The Hall–Kier alpha value is -0.860. The van der Waals surface area contributed by atoms with Gasteiger partial charge in [0.15, 0.2) is 0 Å². The van der Waals surface area contributed by atoms with Crippen molar-refractivity contribution in [3.8, 4) is 0 Å². The lowest BCUT2D eigenvalue weighted by Crippen LogP contribution is -2.49. The first kappa shape index (κ1) is 8.45. The fraction of sp³-hybridized carbons (Fsp3) is 0.364. The Morgan fingerprint density at radius 2 is 2.36 bits per heavy atom. The average molecular weight is 207 g/mol. The molecule has 1 fully saturated rings. The summed E-state index contributed by atoms with van der Waals surface area (Å²) in [7, 11) is 0. The molecule has 14 heavy (non-hydrogen) atoms. The van der Waals surface area contributed by atoms with Gasteiger partial charge in [0.1, 0.15) is 5.15 Å². The van der Waals surface area contributed by atoms with Crippen molar-refractivity contribution in [2.24, 2.45) is 5.92 Å². The summed E-state index contributed by atoms with van der Waals surface area (Å²) in [6, 6.07) is 4.58. The van der Waals surface area contributed by atoms with Gasteiger partial charge in [-0.15, -0.1) is 0 Å². The molecule has 72 valence electrons. The molecule has 0 unspecified atom stereocenters. The van der Waals surface area contributed by atoms with Crippen molar-refractivity contribution in [1.82, 2.24) is 10.3 Å². The molecule has 3 rings (SSSR count). The summed E-state index contributed by atoms with van der Waals surface area (Å²) in [6.45, 7) is 1.13. The predicted molar refractivity (Wildman–Crippen MR) is 57.1 cm³/mol. The molecule has 2 heterocycles. The largest absolute Gasteiger partial charge is 0.312 e. The minimum atomic E-state index is 0.563. The predicted octanol–water partition coefficient (Wildman–Crippen LogP) is 2.11. The molecular weight excluding hydrogens is 196 g/mol. The summed E-state index contributed by atoms with van der Waals surface area (Å²) in [4.78, 5) is 4.10. The monoisotopic (exact) mass is 206 g/mol. The number of pyridine rings is 1. The van der Waals surface area contributed by atoms with E-state index in [0.29, 0.717) is 11.2 Å². The van der Waals surface area contributed by atoms with Gasteiger partial charge < -0.3 is 5.32 Å². The molecule has 0 bridgehead atoms. The lowest BCUT2D eigenvalue weighted by atomic mass is 9.95. The van der Waals surface area contributed by atoms with Gasteiger partial charge in [0, 0.05) is 24.7 Å². The van der Waals surface area contributed by atoms with Gasteiger partial charge >= 0.3 is 0 Å². The number of nitrogens with one attached hydrogen (secondary N) is 1. The average Bonchev–Trinajstić information content (AvgIpc) is 2.45. The Bertz CT molecular complexity index is 383. The third-order valence-electron chi connectivity index (χ3n) is 3.09. The van der Waals surface area contributed by atoms with Gasteiger partial charge in [-0.2, -0.15) is 0 Å². The van der Waals surface area contributed by atoms with Crippen LogP contribution in [0.25, 0.3) is 5.57 Å². The van der Waals surface area contributed by atoms with Crippen LogP contribution in [0.1, 0.15) is 12.0 Å². The summed E-state index contributed by atoms with van der Waals surface area (Å²) in [6.07, 6.45) is 5.36. The van der Waals surface area contributed by atoms with Gasteiger partial charge in [-0.05, 0) is 23.6 Å². The Balaban J connectivity index is 1.89. The van der Waals surface area contributed by atoms with Crippen LogP contribution in [0, 0.1) is 5.92 Å². The van der Waals surface area contributed by atoms with E-state index in [2.05, 4.69) is 16.4 Å². The maximum Gasteiger partial charge on any atom is 0.129 e. The van der Waals surface area contributed by atoms with Crippen molar-refractivity contribution >= 4 is 17.2 Å². The Kier molecular flexibility index (Phi) is 1.85. The van der Waals surface area contributed by atoms with Gasteiger partial charge in [0.05, 0.1) is 0 Å². The Labute approximate surface area is 88.0 Å². The molecule has 0 amide bonds. The third-order valence-corrected chi connectivity index (χ3v) is 3.31. The Morgan fingerprint density at radius 1 is 1.43 bits per heavy atom. The highest BCUT2D eigenvalue weighted by molar-refractivity contribution is 6.29. The number of fused-ring (bicyclic) bond motifs is 1. The molecule has 0 radical (unpaired) electrons. The smallest absolute Gasteiger partial charge is 0.129 e. The van der Waals surface area contributed by atoms with E-state index < -0.39 is 0 Å². The molecule has 3 heteroatoms. The van der Waals surface area contributed by atoms with E-state index in [1.165, 1.54) is 11.1 Å². The van der Waals surface area contributed by atoms with E-state index >= 15 is 0 Å². The molecule has 0 aromatic carbocycles. The summed E-state index contributed by atoms with van der Waals surface area (Å²) >= 11 is 5.75. The second-order valence-electron chi connectivity index (χ2n) is 3.94. The van der Waals surface area contributed by atoms with Crippen LogP contribution in [0.5, 0.6) is 0 Å². The van der Waals surface area contributed by atoms with Gasteiger partial charge in [-0.25, -0.2) is 4.98 Å². The highest BCUT2D eigenvalue weighted by atomic mass is 35.5. The van der Waals surface area contributed by atoms with E-state index in [0.717, 1.165) is 18.9 Å². The molecule has 2 nitrogen and oxygen atoms in total. The fourth-order valence-corrected chi connectivity index (χ4v) is 2.27. The molecule has 0 spiro atoms. The maximum atomic E-state index is 5.75. The van der Waals surface area contributed by atoms with E-state index in [-0.39, 0.29) is 0 Å². The second-order valence-corrected chi connectivity index (χ2v) is 4.33. The SMILES string of the molecule is Clc1ccc(C2=C[C@H]3CN[C@H]3C2)cn1. The zero-order valence-corrected chi connectivity index (χ0v) is 8.46. The van der Waals surface area contributed by atoms with Crippen LogP contribution in [0.4, 0.5) is 0 Å². The fourth-order valence-electron chi connectivity index (χ4n) is 2.16. The minimum absolute atomic E-state index is 0.563. The van der Waals surface area contributed by atoms with Crippen LogP contribution in [0.3, 0.4) is 0 Å². The summed E-state index contributed by atoms with van der Waals surface area (Å²) < 4.78 is 0. The van der Waals surface area contributed by atoms with E-state index in [1.807, 2.05) is 18.3 Å². The second kappa shape index (κ2) is 3.07. The molecule has 0 saturated carbocycles. The van der Waals surface area contributed by atoms with E-state index in [9.17, 15) is 0 Å². The molecule has 1 saturated heterocycles. The van der Waals surface area contributed by atoms with Gasteiger partial charge in [-0.1, -0.05) is 23.7 Å². The number of hydrogen-bond donors (Lipinski definition) is 1. The van der Waals surface area contributed by atoms with Crippen LogP contribution >= 0.6 is 11.6 Å². The van der Waals surface area contributed by atoms with Crippen molar-refractivity contribution in [3.63, 3.8) is 0 Å². The first-order valence-corrected chi connectivity index (χ1v) is 5.27. The number of aromatic nitrogens is 1. The van der Waals surface area contributed by atoms with Gasteiger partial charge in [0.2, 0.25) is 0 Å². The number of rotatable bonds is 1. The highest BCUT2D eigenvalue weighted by Crippen LogP contribution is 2.35. The van der Waals surface area contributed by atoms with Crippen molar-refractivity contribution < 1.29 is 0 Å². The van der Waals surface area contributed by atoms with Gasteiger partial charge in [0.25, 0.3) is 0 Å². The highest BCUT2D eigenvalue weighted by Gasteiger charge is 2.34. The molecule has 1 aromatic heterocycles. The lowest BCUT2D eigenvalue weighted by Gasteiger charge is -2.31. The van der Waals surface area contributed by atoms with E-state index in [1.54, 1.807) is 0 Å². The first-order valence-electron chi connectivity index (χ1n) is 4.89. The quantitative estimate of drug-likeness (QED) is 0.712. The molecule has 2 atom stereocenters. The summed E-state index contributed by atoms with van der Waals surface area (Å²) in [5, 5.41) is 3.98. The number of hydrogen-bond acceptors (Lipinski definition) is 2. The zero-order valence-electron chi connectivity index (χ0n) is 7.70. The molecule has 1 aromatic rings. The molecular formula is C11H11ClN2. The van der Waals surface area contributed by atoms with Crippen LogP contribution in [0.15, 0.2) is 24.4 Å². The topological polar surface area (TPSA) is 24.9 Å². The normalized spacial score (nSPS) is 29.4. The first-order chi connectivity index (χ1) is 6.83. The summed E-state index contributed by atoms with van der Waals surface area (Å²) in [5.74, 6) is 0.751. The summed E-state index contributed by atoms with van der Waals surface area (Å²) in [5.41, 5.74) is 2.62. The van der Waals surface area contributed by atoms with Crippen molar-refractivity contribution in [1.29, 1.82) is 0 Å². The molecule has 2 aliphatic rings. The maximum absolute atomic E-state index is 5.75. The molecule has 1 aliphatic heterocycles. The standard InChI is InChI=1S/C11H11ClN2/c12-11-2-1-7(5-14-11)8-3-9-6-13-10(9)4-8/h1-3,5,9-10,13H,4,6H2/t9-,10-/m0/s1. The van der Waals surface area contributed by atoms with Crippen molar-refractivity contribution in [2.75, 3.05) is 6.54 Å². The third kappa shape index (κ3) is 1.26. The molecule has 1 aliphatic carbocycles. The van der Waals surface area contributed by atoms with Gasteiger partial charge in [-0.3, -0.25) is 0 Å². The van der Waals surface area contributed by atoms with Crippen molar-refractivity contribution in [3.05, 3.63) is 35.1 Å². The lowest BCUT2D eigenvalue weighted by molar-refractivity contribution is 0.306. The number of nitrogens with zero attached hydrogens (tertiary/aromatic N) is 1. The molecule has 1 N–H and O–H groups in total. The van der Waals surface area contributed by atoms with Crippen LogP contribution < -0.4 is 5.32 Å². The van der Waals surface area contributed by atoms with Crippen LogP contribution in [-0.4, -0.2) is 17.6 Å². The zero-order chi connectivity index (χ0) is 9.54.